The van der Waals surface area contributed by atoms with E-state index in [4.69, 9.17) is 15.7 Å². The van der Waals surface area contributed by atoms with Gasteiger partial charge in [0, 0.05) is 17.8 Å². The van der Waals surface area contributed by atoms with E-state index in [0.29, 0.717) is 11.3 Å². The molecule has 1 amide bonds. The van der Waals surface area contributed by atoms with Gasteiger partial charge in [0.2, 0.25) is 5.91 Å². The van der Waals surface area contributed by atoms with Gasteiger partial charge >= 0.3 is 6.18 Å². The molecule has 0 radical (unpaired) electrons. The summed E-state index contributed by atoms with van der Waals surface area (Å²) in [6.07, 6.45) is -0.319. The minimum Gasteiger partial charge on any atom is -0.458 e. The molecule has 5 nitrogen and oxygen atoms in total. The number of carbonyl (C=O) groups excluding carboxylic acids is 1. The number of nitrogens with zero attached hydrogens (tertiary/aromatic N) is 1. The number of nitriles is 1. The third kappa shape index (κ3) is 14.0. The van der Waals surface area contributed by atoms with Crippen LogP contribution in [0.3, 0.4) is 0 Å². The maximum Gasteiger partial charge on any atom is 0.389 e. The molecule has 2 aromatic rings. The van der Waals surface area contributed by atoms with Crippen molar-refractivity contribution in [1.29, 1.82) is 5.26 Å². The molecule has 0 saturated carbocycles. The molecule has 0 aromatic heterocycles. The Bertz CT molecular complexity index is 927. The second kappa shape index (κ2) is 16.0. The number of nitrogen functional groups attached to an aromatic ring is 1. The van der Waals surface area contributed by atoms with Gasteiger partial charge in [-0.25, -0.2) is 0 Å². The Balaban J connectivity index is 0.000000586. The number of nitrogens with one attached hydrogen (secondary N) is 1. The molecular weight excluding hydrogens is 431 g/mol. The minimum atomic E-state index is -4.33. The predicted octanol–water partition coefficient (Wildman–Crippen LogP) is 6.99. The fourth-order valence-electron chi connectivity index (χ4n) is 2.13. The number of ether oxygens (including phenoxy) is 1. The highest BCUT2D eigenvalue weighted by Gasteiger charge is 2.27. The molecular formula is C25H30F3N3O2. The van der Waals surface area contributed by atoms with Crippen molar-refractivity contribution in [1.82, 2.24) is 0 Å². The van der Waals surface area contributed by atoms with E-state index in [1.165, 1.54) is 24.3 Å². The fraction of sp³-hybridized carbons (Fsp3) is 0.280. The van der Waals surface area contributed by atoms with E-state index in [9.17, 15) is 18.0 Å². The van der Waals surface area contributed by atoms with E-state index in [1.807, 2.05) is 76.3 Å². The molecule has 0 bridgehead atoms. The van der Waals surface area contributed by atoms with Gasteiger partial charge in [-0.05, 0) is 74.5 Å². The van der Waals surface area contributed by atoms with E-state index >= 15 is 0 Å². The van der Waals surface area contributed by atoms with Gasteiger partial charge in [-0.3, -0.25) is 4.79 Å². The van der Waals surface area contributed by atoms with Crippen LogP contribution in [0.4, 0.5) is 24.5 Å². The van der Waals surface area contributed by atoms with E-state index in [-0.39, 0.29) is 0 Å². The maximum absolute atomic E-state index is 11.8. The Morgan fingerprint density at radius 2 is 1.67 bits per heavy atom. The van der Waals surface area contributed by atoms with Crippen molar-refractivity contribution in [3.05, 3.63) is 78.1 Å². The van der Waals surface area contributed by atoms with Crippen LogP contribution in [0, 0.1) is 11.3 Å². The van der Waals surface area contributed by atoms with E-state index in [0.717, 1.165) is 17.2 Å². The summed E-state index contributed by atoms with van der Waals surface area (Å²) in [5, 5.41) is 10.8. The molecule has 0 atom stereocenters. The zero-order valence-corrected chi connectivity index (χ0v) is 19.2. The molecule has 0 aliphatic rings. The predicted molar refractivity (Wildman–Crippen MR) is 126 cm³/mol. The van der Waals surface area contributed by atoms with Gasteiger partial charge in [-0.2, -0.15) is 18.4 Å². The lowest BCUT2D eigenvalue weighted by Gasteiger charge is -2.07. The first-order chi connectivity index (χ1) is 15.7. The van der Waals surface area contributed by atoms with Gasteiger partial charge in [-0.1, -0.05) is 19.9 Å². The fourth-order valence-corrected chi connectivity index (χ4v) is 2.13. The number of anilines is 2. The van der Waals surface area contributed by atoms with Crippen LogP contribution in [0.5, 0.6) is 5.75 Å². The van der Waals surface area contributed by atoms with Crippen LogP contribution in [0.1, 0.15) is 46.1 Å². The Labute approximate surface area is 193 Å². The summed E-state index contributed by atoms with van der Waals surface area (Å²) in [5.74, 6) is 0.926. The average Bonchev–Trinajstić information content (AvgIpc) is 2.80. The molecule has 0 unspecified atom stereocenters. The molecule has 8 heteroatoms. The van der Waals surface area contributed by atoms with Gasteiger partial charge in [0.05, 0.1) is 18.1 Å². The van der Waals surface area contributed by atoms with Crippen LogP contribution in [-0.2, 0) is 4.79 Å². The van der Waals surface area contributed by atoms with Gasteiger partial charge < -0.3 is 15.8 Å². The number of halogens is 3. The second-order valence-corrected chi connectivity index (χ2v) is 6.21. The first kappa shape index (κ1) is 29.3. The van der Waals surface area contributed by atoms with Crippen LogP contribution in [0.25, 0.3) is 0 Å². The van der Waals surface area contributed by atoms with Crippen molar-refractivity contribution in [3.8, 4) is 11.8 Å². The summed E-state index contributed by atoms with van der Waals surface area (Å²) in [6.45, 7) is 7.89. The van der Waals surface area contributed by atoms with E-state index in [2.05, 4.69) is 5.32 Å². The van der Waals surface area contributed by atoms with Gasteiger partial charge in [0.25, 0.3) is 0 Å². The summed E-state index contributed by atoms with van der Waals surface area (Å²) in [5.41, 5.74) is 7.09. The number of nitrogens with two attached hydrogens (primary N) is 1. The number of hydrogen-bond acceptors (Lipinski definition) is 4. The van der Waals surface area contributed by atoms with Crippen LogP contribution >= 0.6 is 0 Å². The van der Waals surface area contributed by atoms with Crippen molar-refractivity contribution in [2.24, 2.45) is 0 Å². The van der Waals surface area contributed by atoms with E-state index in [1.54, 1.807) is 0 Å². The summed E-state index contributed by atoms with van der Waals surface area (Å²) in [6, 6.07) is 15.1. The monoisotopic (exact) mass is 461 g/mol. The first-order valence-electron chi connectivity index (χ1n) is 10.4. The molecule has 3 N–H and O–H groups in total. The largest absolute Gasteiger partial charge is 0.458 e. The molecule has 2 rings (SSSR count). The minimum absolute atomic E-state index is 0.371. The smallest absolute Gasteiger partial charge is 0.389 e. The lowest BCUT2D eigenvalue weighted by molar-refractivity contribution is -0.142. The van der Waals surface area contributed by atoms with Gasteiger partial charge in [-0.15, -0.1) is 0 Å². The van der Waals surface area contributed by atoms with E-state index < -0.39 is 24.9 Å². The van der Waals surface area contributed by atoms with Crippen molar-refractivity contribution in [3.63, 3.8) is 0 Å². The highest BCUT2D eigenvalue weighted by atomic mass is 19.4. The van der Waals surface area contributed by atoms with Crippen molar-refractivity contribution >= 4 is 17.3 Å². The van der Waals surface area contributed by atoms with Crippen molar-refractivity contribution < 1.29 is 22.7 Å². The summed E-state index contributed by atoms with van der Waals surface area (Å²) in [4.78, 5) is 11.1. The molecule has 0 saturated heterocycles. The summed E-state index contributed by atoms with van der Waals surface area (Å²) < 4.78 is 41.1. The molecule has 0 aliphatic heterocycles. The maximum atomic E-state index is 11.8. The van der Waals surface area contributed by atoms with Crippen LogP contribution in [0.2, 0.25) is 0 Å². The highest BCUT2D eigenvalue weighted by Crippen LogP contribution is 2.21. The Hall–Kier alpha value is -3.73. The number of allylic oxidation sites excluding steroid dienone is 3. The Morgan fingerprint density at radius 1 is 1.09 bits per heavy atom. The molecule has 178 valence electrons. The summed E-state index contributed by atoms with van der Waals surface area (Å²) in [7, 11) is 0. The first-order valence-corrected chi connectivity index (χ1v) is 10.4. The average molecular weight is 462 g/mol. The number of amides is 1. The van der Waals surface area contributed by atoms with Crippen molar-refractivity contribution in [2.75, 3.05) is 11.1 Å². The number of carbonyl (C=O) groups is 1. The second-order valence-electron chi connectivity index (χ2n) is 6.21. The molecule has 0 spiro atoms. The van der Waals surface area contributed by atoms with Crippen LogP contribution in [-0.4, -0.2) is 12.1 Å². The Kier molecular flexibility index (Phi) is 14.2. The normalized spacial score (nSPS) is 10.8. The topological polar surface area (TPSA) is 88.1 Å². The third-order valence-corrected chi connectivity index (χ3v) is 3.66. The van der Waals surface area contributed by atoms with Crippen molar-refractivity contribution in [2.45, 2.75) is 46.7 Å². The van der Waals surface area contributed by atoms with Gasteiger partial charge in [0.15, 0.2) is 0 Å². The zero-order chi connectivity index (χ0) is 25.3. The Morgan fingerprint density at radius 3 is 2.12 bits per heavy atom. The standard InChI is InChI=1S/C12H15NO.C11H9F3N2O.C2H6/c1-3-5-11(4-2)14-12-8-6-10(13)7-9-12;12-11(13,14)6-5-10(17)16-9-3-1-8(7-15)2-4-9;1-2/h3-9H,13H2,1-2H3;1-4H,5-6H2,(H,16,17);1-2H3/b5-3-,11-4+;;. The number of hydrogen-bond donors (Lipinski definition) is 2. The van der Waals surface area contributed by atoms with Crippen LogP contribution in [0.15, 0.2) is 72.5 Å². The number of rotatable bonds is 6. The quantitative estimate of drug-likeness (QED) is 0.276. The zero-order valence-electron chi connectivity index (χ0n) is 19.2. The SMILES string of the molecule is C/C=C\C(=C/C)Oc1ccc(N)cc1.CC.N#Cc1ccc(NC(=O)CCC(F)(F)F)cc1. The van der Waals surface area contributed by atoms with Gasteiger partial charge in [0.1, 0.15) is 11.5 Å². The molecule has 33 heavy (non-hydrogen) atoms. The van der Waals surface area contributed by atoms with Crippen LogP contribution < -0.4 is 15.8 Å². The number of alkyl halides is 3. The lowest BCUT2D eigenvalue weighted by Crippen LogP contribution is -2.16. The molecule has 2 aromatic carbocycles. The number of benzene rings is 2. The lowest BCUT2D eigenvalue weighted by atomic mass is 10.2. The highest BCUT2D eigenvalue weighted by molar-refractivity contribution is 5.90. The molecule has 0 aliphatic carbocycles. The summed E-state index contributed by atoms with van der Waals surface area (Å²) >= 11 is 0. The molecule has 0 heterocycles. The third-order valence-electron chi connectivity index (χ3n) is 3.66. The molecule has 0 fully saturated rings.